The third-order valence-electron chi connectivity index (χ3n) is 10.5. The number of hydrogen-bond acceptors (Lipinski definition) is 3. The molecule has 12 aromatic rings. The summed E-state index contributed by atoms with van der Waals surface area (Å²) in [5.41, 5.74) is 3.67. The van der Waals surface area contributed by atoms with Crippen molar-refractivity contribution in [1.82, 2.24) is 14.5 Å². The summed E-state index contributed by atoms with van der Waals surface area (Å²) < 4.78 is 133. The predicted molar refractivity (Wildman–Crippen MR) is 240 cm³/mol. The van der Waals surface area contributed by atoms with Crippen LogP contribution in [-0.4, -0.2) is 14.5 Å². The van der Waals surface area contributed by atoms with Gasteiger partial charge in [0.25, 0.3) is 0 Å². The molecule has 58 heavy (non-hydrogen) atoms. The van der Waals surface area contributed by atoms with E-state index >= 15 is 0 Å². The highest BCUT2D eigenvalue weighted by atomic mass is 16.3. The van der Waals surface area contributed by atoms with Gasteiger partial charge in [0.1, 0.15) is 11.2 Å². The quantitative estimate of drug-likeness (QED) is 0.176. The maximum atomic E-state index is 9.50. The fourth-order valence-electron chi connectivity index (χ4n) is 7.76. The van der Waals surface area contributed by atoms with Gasteiger partial charge in [-0.1, -0.05) is 139 Å². The highest BCUT2D eigenvalue weighted by Gasteiger charge is 2.18. The average Bonchev–Trinajstić information content (AvgIpc) is 3.96. The molecule has 4 nitrogen and oxygen atoms in total. The fourth-order valence-corrected chi connectivity index (χ4v) is 7.76. The molecule has 0 saturated carbocycles. The molecular formula is C54H33N3O. The number of para-hydroxylation sites is 1. The molecular weight excluding hydrogens is 707 g/mol. The van der Waals surface area contributed by atoms with Crippen LogP contribution in [0.5, 0.6) is 0 Å². The second kappa shape index (κ2) is 12.9. The molecule has 270 valence electrons. The first-order valence-corrected chi connectivity index (χ1v) is 18.5. The number of fused-ring (bicyclic) bond motifs is 8. The number of hydrogen-bond donors (Lipinski definition) is 0. The van der Waals surface area contributed by atoms with Gasteiger partial charge < -0.3 is 8.98 Å². The molecule has 0 saturated heterocycles. The van der Waals surface area contributed by atoms with E-state index in [0.29, 0.717) is 33.8 Å². The van der Waals surface area contributed by atoms with Crippen molar-refractivity contribution in [3.05, 3.63) is 200 Å². The molecule has 3 heterocycles. The monoisotopic (exact) mass is 753 g/mol. The van der Waals surface area contributed by atoms with Crippen molar-refractivity contribution in [2.75, 3.05) is 0 Å². The first-order valence-electron chi connectivity index (χ1n) is 25.5. The van der Waals surface area contributed by atoms with Crippen molar-refractivity contribution in [2.45, 2.75) is 0 Å². The van der Waals surface area contributed by atoms with Gasteiger partial charge in [-0.25, -0.2) is 9.97 Å². The highest BCUT2D eigenvalue weighted by Crippen LogP contribution is 2.40. The lowest BCUT2D eigenvalue weighted by Crippen LogP contribution is -1.96. The van der Waals surface area contributed by atoms with E-state index in [4.69, 9.17) is 25.4 Å². The molecule has 0 N–H and O–H groups in total. The molecule has 12 rings (SSSR count). The summed E-state index contributed by atoms with van der Waals surface area (Å²) in [5, 5.41) is 2.28. The van der Waals surface area contributed by atoms with Crippen LogP contribution in [0.25, 0.3) is 116 Å². The molecule has 0 radical (unpaired) electrons. The molecule has 9 aromatic carbocycles. The minimum Gasteiger partial charge on any atom is -0.456 e. The van der Waals surface area contributed by atoms with Gasteiger partial charge in [-0.2, -0.15) is 0 Å². The Morgan fingerprint density at radius 1 is 0.448 bits per heavy atom. The summed E-state index contributed by atoms with van der Waals surface area (Å²) in [6.07, 6.45) is 0. The smallest absolute Gasteiger partial charge is 0.160 e. The van der Waals surface area contributed by atoms with E-state index in [1.54, 1.807) is 18.2 Å². The van der Waals surface area contributed by atoms with Crippen molar-refractivity contribution in [1.29, 1.82) is 0 Å². The maximum absolute atomic E-state index is 9.50. The van der Waals surface area contributed by atoms with Gasteiger partial charge in [-0.3, -0.25) is 0 Å². The van der Waals surface area contributed by atoms with Crippen LogP contribution in [0.1, 0.15) is 19.2 Å². The van der Waals surface area contributed by atoms with Crippen molar-refractivity contribution >= 4 is 65.3 Å². The Hall–Kier alpha value is -7.82. The number of benzene rings is 9. The van der Waals surface area contributed by atoms with E-state index in [1.807, 2.05) is 72.8 Å². The van der Waals surface area contributed by atoms with E-state index in [2.05, 4.69) is 24.3 Å². The standard InChI is InChI=1S/C54H33N3O/c1-2-12-36(13-3-1)54-55-47(41-22-21-34-11-4-5-14-37(34)29-41)33-48(56-54)44-18-10-20-51-53(44)45-28-25-40(32-52(45)58-51)35-23-26-42(27-24-35)57-49-19-9-8-17-43(49)46-30-38-15-6-7-16-39(38)31-50(46)57/h1-33H/i6D,7D,8D,9D,15D,16D,17D,19D,23D,24D,26D,27D,30D,31D. The van der Waals surface area contributed by atoms with Crippen LogP contribution in [0, 0.1) is 0 Å². The van der Waals surface area contributed by atoms with E-state index in [9.17, 15) is 8.22 Å². The van der Waals surface area contributed by atoms with Crippen LogP contribution in [0.15, 0.2) is 204 Å². The largest absolute Gasteiger partial charge is 0.456 e. The zero-order chi connectivity index (χ0) is 50.3. The first-order chi connectivity index (χ1) is 34.6. The molecule has 0 bridgehead atoms. The minimum atomic E-state index is -0.709. The lowest BCUT2D eigenvalue weighted by atomic mass is 9.99. The molecule has 0 fully saturated rings. The van der Waals surface area contributed by atoms with Gasteiger partial charge >= 0.3 is 0 Å². The van der Waals surface area contributed by atoms with Crippen LogP contribution in [0.3, 0.4) is 0 Å². The van der Waals surface area contributed by atoms with Gasteiger partial charge in [-0.05, 0) is 93.2 Å². The molecule has 0 aliphatic carbocycles. The van der Waals surface area contributed by atoms with Crippen LogP contribution in [-0.2, 0) is 0 Å². The van der Waals surface area contributed by atoms with Gasteiger partial charge in [0.15, 0.2) is 5.82 Å². The van der Waals surface area contributed by atoms with Crippen molar-refractivity contribution in [2.24, 2.45) is 0 Å². The second-order valence-electron chi connectivity index (χ2n) is 13.9. The summed E-state index contributed by atoms with van der Waals surface area (Å²) in [6, 6.07) is 27.8. The summed E-state index contributed by atoms with van der Waals surface area (Å²) in [6.45, 7) is 0. The van der Waals surface area contributed by atoms with Gasteiger partial charge in [-0.15, -0.1) is 0 Å². The molecule has 0 unspecified atom stereocenters. The zero-order valence-corrected chi connectivity index (χ0v) is 30.2. The predicted octanol–water partition coefficient (Wildman–Crippen LogP) is 14.4. The molecule has 4 heteroatoms. The van der Waals surface area contributed by atoms with Crippen LogP contribution >= 0.6 is 0 Å². The Morgan fingerprint density at radius 3 is 2.09 bits per heavy atom. The number of furan rings is 1. The summed E-state index contributed by atoms with van der Waals surface area (Å²) >= 11 is 0. The van der Waals surface area contributed by atoms with Gasteiger partial charge in [0.05, 0.1) is 41.6 Å². The Balaban J connectivity index is 1.06. The Kier molecular flexibility index (Phi) is 4.77. The summed E-state index contributed by atoms with van der Waals surface area (Å²) in [4.78, 5) is 10.1. The molecule has 0 aliphatic heterocycles. The second-order valence-corrected chi connectivity index (χ2v) is 13.9. The van der Waals surface area contributed by atoms with Crippen molar-refractivity contribution < 1.29 is 23.6 Å². The molecule has 0 aliphatic rings. The molecule has 0 atom stereocenters. The van der Waals surface area contributed by atoms with Gasteiger partial charge in [0, 0.05) is 43.9 Å². The summed E-state index contributed by atoms with van der Waals surface area (Å²) in [7, 11) is 0. The Labute approximate surface area is 353 Å². The molecule has 0 spiro atoms. The third-order valence-corrected chi connectivity index (χ3v) is 10.5. The number of nitrogens with zero attached hydrogens (tertiary/aromatic N) is 3. The van der Waals surface area contributed by atoms with E-state index in [1.165, 1.54) is 0 Å². The zero-order valence-electron chi connectivity index (χ0n) is 44.2. The third kappa shape index (κ3) is 5.23. The first kappa shape index (κ1) is 21.5. The van der Waals surface area contributed by atoms with Crippen LogP contribution in [0.4, 0.5) is 0 Å². The van der Waals surface area contributed by atoms with Crippen molar-refractivity contribution in [3.8, 4) is 50.7 Å². The molecule has 3 aromatic heterocycles. The fraction of sp³-hybridized carbons (Fsp3) is 0. The van der Waals surface area contributed by atoms with E-state index in [-0.39, 0.29) is 43.7 Å². The van der Waals surface area contributed by atoms with E-state index in [0.717, 1.165) is 37.4 Å². The average molecular weight is 754 g/mol. The maximum Gasteiger partial charge on any atom is 0.160 e. The number of aromatic nitrogens is 3. The topological polar surface area (TPSA) is 43.9 Å². The Morgan fingerprint density at radius 2 is 1.21 bits per heavy atom. The van der Waals surface area contributed by atoms with Crippen LogP contribution in [0.2, 0.25) is 0 Å². The van der Waals surface area contributed by atoms with Gasteiger partial charge in [0.2, 0.25) is 0 Å². The summed E-state index contributed by atoms with van der Waals surface area (Å²) in [5.74, 6) is 0.525. The number of rotatable bonds is 5. The SMILES string of the molecule is [2H]c1c([2H])c(-n2c3c([2H])c([2H])c([2H])c([2H])c3c3c([2H])c4c([2H])c([2H])c([2H])c([2H])c4c([2H])c32)c([2H])c([2H])c1-c1ccc2c(c1)oc1cccc(-c3cc(-c4ccc5ccccc5c4)nc(-c4ccccc4)n3)c12. The van der Waals surface area contributed by atoms with Crippen LogP contribution < -0.4 is 0 Å². The minimum absolute atomic E-state index is 0.117. The highest BCUT2D eigenvalue weighted by molar-refractivity contribution is 6.14. The van der Waals surface area contributed by atoms with Crippen molar-refractivity contribution in [3.63, 3.8) is 0 Å². The lowest BCUT2D eigenvalue weighted by Gasteiger charge is -2.11. The normalized spacial score (nSPS) is 15.2. The molecule has 0 amide bonds. The lowest BCUT2D eigenvalue weighted by molar-refractivity contribution is 0.669. The Bertz CT molecular complexity index is 4370. The van der Waals surface area contributed by atoms with E-state index < -0.39 is 90.3 Å².